The zero-order chi connectivity index (χ0) is 11.1. The van der Waals surface area contributed by atoms with Crippen molar-refractivity contribution >= 4 is 23.6 Å². The first kappa shape index (κ1) is 10.5. The zero-order valence-corrected chi connectivity index (χ0v) is 9.89. The van der Waals surface area contributed by atoms with Crippen LogP contribution in [0, 0.1) is 5.41 Å². The van der Waals surface area contributed by atoms with E-state index in [-0.39, 0.29) is 5.91 Å². The van der Waals surface area contributed by atoms with Crippen LogP contribution in [0.3, 0.4) is 0 Å². The van der Waals surface area contributed by atoms with Crippen LogP contribution >= 0.6 is 11.8 Å². The molecule has 0 radical (unpaired) electrons. The van der Waals surface area contributed by atoms with E-state index < -0.39 is 5.41 Å². The SMILES string of the molecule is CC(C)(C)C(=O)Nc1nnc2n1CCS2. The highest BCUT2D eigenvalue weighted by molar-refractivity contribution is 7.99. The van der Waals surface area contributed by atoms with Crippen molar-refractivity contribution in [2.45, 2.75) is 32.5 Å². The molecule has 1 amide bonds. The van der Waals surface area contributed by atoms with Gasteiger partial charge in [-0.25, -0.2) is 0 Å². The predicted molar refractivity (Wildman–Crippen MR) is 58.8 cm³/mol. The number of hydrogen-bond acceptors (Lipinski definition) is 4. The van der Waals surface area contributed by atoms with Crippen molar-refractivity contribution in [1.29, 1.82) is 0 Å². The van der Waals surface area contributed by atoms with Crippen molar-refractivity contribution in [3.05, 3.63) is 0 Å². The Bertz CT molecular complexity index is 393. The fourth-order valence-corrected chi connectivity index (χ4v) is 2.10. The molecule has 1 N–H and O–H groups in total. The fraction of sp³-hybridized carbons (Fsp3) is 0.667. The molecule has 0 saturated heterocycles. The average Bonchev–Trinajstić information content (AvgIpc) is 2.67. The maximum absolute atomic E-state index is 11.7. The normalized spacial score (nSPS) is 15.1. The Morgan fingerprint density at radius 1 is 1.47 bits per heavy atom. The van der Waals surface area contributed by atoms with Gasteiger partial charge in [-0.1, -0.05) is 32.5 Å². The molecule has 2 heterocycles. The third kappa shape index (κ3) is 1.99. The van der Waals surface area contributed by atoms with Crippen LogP contribution in [0.1, 0.15) is 20.8 Å². The van der Waals surface area contributed by atoms with Gasteiger partial charge in [0.1, 0.15) is 0 Å². The third-order valence-electron chi connectivity index (χ3n) is 2.17. The van der Waals surface area contributed by atoms with Gasteiger partial charge in [0.05, 0.1) is 0 Å². The van der Waals surface area contributed by atoms with Crippen molar-refractivity contribution in [1.82, 2.24) is 14.8 Å². The smallest absolute Gasteiger partial charge is 0.232 e. The van der Waals surface area contributed by atoms with Crippen molar-refractivity contribution in [2.24, 2.45) is 5.41 Å². The molecule has 5 nitrogen and oxygen atoms in total. The lowest BCUT2D eigenvalue weighted by molar-refractivity contribution is -0.123. The minimum absolute atomic E-state index is 0.0328. The zero-order valence-electron chi connectivity index (χ0n) is 9.07. The first-order valence-corrected chi connectivity index (χ1v) is 5.84. The summed E-state index contributed by atoms with van der Waals surface area (Å²) >= 11 is 1.66. The molecule has 82 valence electrons. The number of carbonyl (C=O) groups excluding carboxylic acids is 1. The van der Waals surface area contributed by atoms with Gasteiger partial charge in [-0.3, -0.25) is 14.7 Å². The molecule has 0 spiro atoms. The van der Waals surface area contributed by atoms with Gasteiger partial charge in [0, 0.05) is 17.7 Å². The van der Waals surface area contributed by atoms with Crippen molar-refractivity contribution in [3.63, 3.8) is 0 Å². The number of hydrogen-bond donors (Lipinski definition) is 1. The van der Waals surface area contributed by atoms with E-state index in [0.717, 1.165) is 17.5 Å². The number of rotatable bonds is 1. The average molecular weight is 226 g/mol. The minimum atomic E-state index is -0.405. The molecule has 15 heavy (non-hydrogen) atoms. The van der Waals surface area contributed by atoms with Crippen molar-refractivity contribution < 1.29 is 4.79 Å². The summed E-state index contributed by atoms with van der Waals surface area (Å²) in [6, 6.07) is 0. The molecule has 0 saturated carbocycles. The van der Waals surface area contributed by atoms with E-state index in [1.54, 1.807) is 11.8 Å². The lowest BCUT2D eigenvalue weighted by Crippen LogP contribution is -2.29. The molecular weight excluding hydrogens is 212 g/mol. The first-order chi connectivity index (χ1) is 6.98. The highest BCUT2D eigenvalue weighted by Crippen LogP contribution is 2.27. The maximum atomic E-state index is 11.7. The summed E-state index contributed by atoms with van der Waals surface area (Å²) in [7, 11) is 0. The second kappa shape index (κ2) is 3.52. The van der Waals surface area contributed by atoms with Crippen LogP contribution in [0.15, 0.2) is 5.16 Å². The lowest BCUT2D eigenvalue weighted by atomic mass is 9.96. The van der Waals surface area contributed by atoms with Crippen LogP contribution in [0.4, 0.5) is 5.95 Å². The molecule has 1 aromatic heterocycles. The molecule has 0 aliphatic carbocycles. The van der Waals surface area contributed by atoms with E-state index in [1.807, 2.05) is 25.3 Å². The number of nitrogens with one attached hydrogen (secondary N) is 1. The molecule has 0 unspecified atom stereocenters. The lowest BCUT2D eigenvalue weighted by Gasteiger charge is -2.16. The van der Waals surface area contributed by atoms with E-state index in [2.05, 4.69) is 15.5 Å². The van der Waals surface area contributed by atoms with Crippen LogP contribution in [-0.4, -0.2) is 26.4 Å². The van der Waals surface area contributed by atoms with Gasteiger partial charge in [0.15, 0.2) is 5.16 Å². The Morgan fingerprint density at radius 3 is 2.87 bits per heavy atom. The highest BCUT2D eigenvalue weighted by atomic mass is 32.2. The number of anilines is 1. The standard InChI is InChI=1S/C9H14N4OS/c1-9(2,3)6(14)10-7-11-12-8-13(7)4-5-15-8/h4-5H2,1-3H3,(H,10,11,14). The summed E-state index contributed by atoms with van der Waals surface area (Å²) in [6.45, 7) is 6.49. The van der Waals surface area contributed by atoms with Gasteiger partial charge >= 0.3 is 0 Å². The van der Waals surface area contributed by atoms with Crippen molar-refractivity contribution in [2.75, 3.05) is 11.1 Å². The highest BCUT2D eigenvalue weighted by Gasteiger charge is 2.25. The Morgan fingerprint density at radius 2 is 2.20 bits per heavy atom. The number of aromatic nitrogens is 3. The number of nitrogens with zero attached hydrogens (tertiary/aromatic N) is 3. The Labute approximate surface area is 92.6 Å². The van der Waals surface area contributed by atoms with E-state index in [4.69, 9.17) is 0 Å². The van der Waals surface area contributed by atoms with E-state index in [0.29, 0.717) is 5.95 Å². The van der Waals surface area contributed by atoms with Crippen LogP contribution in [0.25, 0.3) is 0 Å². The molecule has 1 aromatic rings. The van der Waals surface area contributed by atoms with Crippen LogP contribution < -0.4 is 5.32 Å². The Hall–Kier alpha value is -1.04. The number of thioether (sulfide) groups is 1. The molecule has 0 bridgehead atoms. The largest absolute Gasteiger partial charge is 0.294 e. The maximum Gasteiger partial charge on any atom is 0.232 e. The molecular formula is C9H14N4OS. The molecule has 0 fully saturated rings. The van der Waals surface area contributed by atoms with Gasteiger partial charge in [-0.15, -0.1) is 10.2 Å². The van der Waals surface area contributed by atoms with E-state index in [1.165, 1.54) is 0 Å². The minimum Gasteiger partial charge on any atom is -0.294 e. The molecule has 1 aliphatic rings. The van der Waals surface area contributed by atoms with Gasteiger partial charge in [-0.05, 0) is 0 Å². The Kier molecular flexibility index (Phi) is 2.46. The predicted octanol–water partition coefficient (Wildman–Crippen LogP) is 1.37. The second-order valence-corrected chi connectivity index (χ2v) is 5.57. The summed E-state index contributed by atoms with van der Waals surface area (Å²) in [5.41, 5.74) is -0.405. The summed E-state index contributed by atoms with van der Waals surface area (Å²) in [4.78, 5) is 11.7. The van der Waals surface area contributed by atoms with E-state index in [9.17, 15) is 4.79 Å². The van der Waals surface area contributed by atoms with Crippen LogP contribution in [0.2, 0.25) is 0 Å². The van der Waals surface area contributed by atoms with Crippen LogP contribution in [-0.2, 0) is 11.3 Å². The molecule has 0 atom stereocenters. The summed E-state index contributed by atoms with van der Waals surface area (Å²) in [6.07, 6.45) is 0. The summed E-state index contributed by atoms with van der Waals surface area (Å²) in [5.74, 6) is 1.54. The Balaban J connectivity index is 2.15. The van der Waals surface area contributed by atoms with E-state index >= 15 is 0 Å². The fourth-order valence-electron chi connectivity index (χ4n) is 1.21. The van der Waals surface area contributed by atoms with Gasteiger partial charge < -0.3 is 0 Å². The first-order valence-electron chi connectivity index (χ1n) is 4.86. The topological polar surface area (TPSA) is 59.8 Å². The van der Waals surface area contributed by atoms with Gasteiger partial charge in [0.25, 0.3) is 0 Å². The van der Waals surface area contributed by atoms with Gasteiger partial charge in [-0.2, -0.15) is 0 Å². The summed E-state index contributed by atoms with van der Waals surface area (Å²) < 4.78 is 1.94. The third-order valence-corrected chi connectivity index (χ3v) is 3.12. The quantitative estimate of drug-likeness (QED) is 0.785. The second-order valence-electron chi connectivity index (χ2n) is 4.51. The molecule has 6 heteroatoms. The number of carbonyl (C=O) groups is 1. The molecule has 1 aliphatic heterocycles. The monoisotopic (exact) mass is 226 g/mol. The summed E-state index contributed by atoms with van der Waals surface area (Å²) in [5, 5.41) is 11.6. The van der Waals surface area contributed by atoms with Crippen molar-refractivity contribution in [3.8, 4) is 0 Å². The molecule has 0 aromatic carbocycles. The van der Waals surface area contributed by atoms with Crippen LogP contribution in [0.5, 0.6) is 0 Å². The number of amides is 1. The van der Waals surface area contributed by atoms with Gasteiger partial charge in [0.2, 0.25) is 11.9 Å². The number of fused-ring (bicyclic) bond motifs is 1. The molecule has 2 rings (SSSR count).